The quantitative estimate of drug-likeness (QED) is 0.691. The second-order valence-electron chi connectivity index (χ2n) is 3.47. The smallest absolute Gasteiger partial charge is 0.118 e. The van der Waals surface area contributed by atoms with E-state index in [4.69, 9.17) is 0 Å². The maximum Gasteiger partial charge on any atom is 0.118 e. The lowest BCUT2D eigenvalue weighted by Gasteiger charge is -1.96. The van der Waals surface area contributed by atoms with Gasteiger partial charge in [0.2, 0.25) is 0 Å². The van der Waals surface area contributed by atoms with Gasteiger partial charge in [0.25, 0.3) is 0 Å². The van der Waals surface area contributed by atoms with Crippen LogP contribution in [0, 0.1) is 0 Å². The topological polar surface area (TPSA) is 41.6 Å². The van der Waals surface area contributed by atoms with Crippen molar-refractivity contribution >= 4 is 27.0 Å². The molecule has 2 heterocycles. The number of hydrogen-bond donors (Lipinski definition) is 1. The molecule has 3 nitrogen and oxygen atoms in total. The van der Waals surface area contributed by atoms with E-state index in [0.29, 0.717) is 0 Å². The molecule has 0 unspecified atom stereocenters. The third-order valence-electron chi connectivity index (χ3n) is 2.42. The summed E-state index contributed by atoms with van der Waals surface area (Å²) in [5, 5.41) is 7.28. The SMILES string of the molecule is Brc1ccc2[nH]nc(-c3ccccc3)c2n1. The summed E-state index contributed by atoms with van der Waals surface area (Å²) in [6, 6.07) is 13.9. The van der Waals surface area contributed by atoms with Gasteiger partial charge in [0.1, 0.15) is 15.8 Å². The number of pyridine rings is 1. The Labute approximate surface area is 101 Å². The maximum atomic E-state index is 4.43. The van der Waals surface area contributed by atoms with Gasteiger partial charge in [-0.2, -0.15) is 5.10 Å². The van der Waals surface area contributed by atoms with E-state index in [1.807, 2.05) is 42.5 Å². The Morgan fingerprint density at radius 2 is 1.81 bits per heavy atom. The van der Waals surface area contributed by atoms with Gasteiger partial charge in [0.15, 0.2) is 0 Å². The number of fused-ring (bicyclic) bond motifs is 1. The monoisotopic (exact) mass is 273 g/mol. The summed E-state index contributed by atoms with van der Waals surface area (Å²) in [6.07, 6.45) is 0. The molecule has 3 aromatic rings. The predicted octanol–water partition coefficient (Wildman–Crippen LogP) is 3.39. The second kappa shape index (κ2) is 3.72. The minimum atomic E-state index is 0.818. The van der Waals surface area contributed by atoms with Gasteiger partial charge in [-0.25, -0.2) is 4.98 Å². The minimum absolute atomic E-state index is 0.818. The number of rotatable bonds is 1. The molecule has 0 spiro atoms. The third kappa shape index (κ3) is 1.51. The normalized spacial score (nSPS) is 10.8. The van der Waals surface area contributed by atoms with Crippen LogP contribution in [-0.4, -0.2) is 15.2 Å². The molecule has 0 atom stereocenters. The number of nitrogens with one attached hydrogen (secondary N) is 1. The number of nitrogens with zero attached hydrogens (tertiary/aromatic N) is 2. The standard InChI is InChI=1S/C12H8BrN3/c13-10-7-6-9-12(14-10)11(16-15-9)8-4-2-1-3-5-8/h1-7H,(H,15,16). The molecular formula is C12H8BrN3. The Morgan fingerprint density at radius 3 is 2.62 bits per heavy atom. The minimum Gasteiger partial charge on any atom is -0.276 e. The number of benzene rings is 1. The van der Waals surface area contributed by atoms with Crippen molar-refractivity contribution in [3.05, 3.63) is 47.1 Å². The van der Waals surface area contributed by atoms with Gasteiger partial charge in [-0.15, -0.1) is 0 Å². The first-order valence-corrected chi connectivity index (χ1v) is 5.70. The Hall–Kier alpha value is -1.68. The summed E-state index contributed by atoms with van der Waals surface area (Å²) < 4.78 is 0.818. The molecule has 0 saturated heterocycles. The average molecular weight is 274 g/mol. The highest BCUT2D eigenvalue weighted by atomic mass is 79.9. The number of H-pyrrole nitrogens is 1. The van der Waals surface area contributed by atoms with Crippen molar-refractivity contribution in [3.63, 3.8) is 0 Å². The Kier molecular flexibility index (Phi) is 2.22. The lowest BCUT2D eigenvalue weighted by molar-refractivity contribution is 1.12. The van der Waals surface area contributed by atoms with Crippen LogP contribution in [0.15, 0.2) is 47.1 Å². The predicted molar refractivity (Wildman–Crippen MR) is 67.0 cm³/mol. The fraction of sp³-hybridized carbons (Fsp3) is 0. The summed E-state index contributed by atoms with van der Waals surface area (Å²) in [5.74, 6) is 0. The highest BCUT2D eigenvalue weighted by Gasteiger charge is 2.08. The van der Waals surface area contributed by atoms with E-state index in [1.54, 1.807) is 0 Å². The molecule has 0 aliphatic rings. The molecule has 3 rings (SSSR count). The van der Waals surface area contributed by atoms with Gasteiger partial charge in [-0.3, -0.25) is 5.10 Å². The summed E-state index contributed by atoms with van der Waals surface area (Å²) in [7, 11) is 0. The van der Waals surface area contributed by atoms with Crippen LogP contribution in [0.3, 0.4) is 0 Å². The van der Waals surface area contributed by atoms with Crippen LogP contribution in [0.2, 0.25) is 0 Å². The number of aromatic amines is 1. The molecule has 0 amide bonds. The zero-order valence-electron chi connectivity index (χ0n) is 8.31. The molecule has 2 aromatic heterocycles. The van der Waals surface area contributed by atoms with Gasteiger partial charge in [-0.1, -0.05) is 30.3 Å². The molecule has 0 fully saturated rings. The second-order valence-corrected chi connectivity index (χ2v) is 4.28. The third-order valence-corrected chi connectivity index (χ3v) is 2.86. The number of hydrogen-bond acceptors (Lipinski definition) is 2. The first-order chi connectivity index (χ1) is 7.84. The lowest BCUT2D eigenvalue weighted by Crippen LogP contribution is -1.80. The summed E-state index contributed by atoms with van der Waals surface area (Å²) in [6.45, 7) is 0. The van der Waals surface area contributed by atoms with Crippen molar-refractivity contribution in [2.45, 2.75) is 0 Å². The van der Waals surface area contributed by atoms with Crippen LogP contribution in [-0.2, 0) is 0 Å². The Bertz CT molecular complexity index is 631. The summed E-state index contributed by atoms with van der Waals surface area (Å²) in [4.78, 5) is 4.43. The largest absolute Gasteiger partial charge is 0.276 e. The van der Waals surface area contributed by atoms with E-state index >= 15 is 0 Å². The van der Waals surface area contributed by atoms with E-state index in [-0.39, 0.29) is 0 Å². The van der Waals surface area contributed by atoms with Crippen LogP contribution in [0.1, 0.15) is 0 Å². The maximum absolute atomic E-state index is 4.43. The van der Waals surface area contributed by atoms with Crippen LogP contribution >= 0.6 is 15.9 Å². The van der Waals surface area contributed by atoms with E-state index in [9.17, 15) is 0 Å². The fourth-order valence-electron chi connectivity index (χ4n) is 1.67. The van der Waals surface area contributed by atoms with E-state index in [2.05, 4.69) is 31.1 Å². The van der Waals surface area contributed by atoms with Crippen molar-refractivity contribution in [1.82, 2.24) is 15.2 Å². The lowest BCUT2D eigenvalue weighted by atomic mass is 10.1. The van der Waals surface area contributed by atoms with Gasteiger partial charge in [-0.05, 0) is 28.1 Å². The van der Waals surface area contributed by atoms with E-state index in [1.165, 1.54) is 0 Å². The van der Waals surface area contributed by atoms with E-state index < -0.39 is 0 Å². The van der Waals surface area contributed by atoms with Crippen LogP contribution in [0.25, 0.3) is 22.3 Å². The molecule has 78 valence electrons. The zero-order chi connectivity index (χ0) is 11.0. The van der Waals surface area contributed by atoms with Gasteiger partial charge < -0.3 is 0 Å². The highest BCUT2D eigenvalue weighted by molar-refractivity contribution is 9.10. The van der Waals surface area contributed by atoms with Crippen LogP contribution < -0.4 is 0 Å². The molecule has 0 aliphatic carbocycles. The average Bonchev–Trinajstić information content (AvgIpc) is 2.73. The highest BCUT2D eigenvalue weighted by Crippen LogP contribution is 2.25. The summed E-state index contributed by atoms with van der Waals surface area (Å²) >= 11 is 3.37. The molecule has 0 bridgehead atoms. The first-order valence-electron chi connectivity index (χ1n) is 4.90. The molecule has 0 aliphatic heterocycles. The van der Waals surface area contributed by atoms with Crippen molar-refractivity contribution in [2.24, 2.45) is 0 Å². The Morgan fingerprint density at radius 1 is 1.00 bits per heavy atom. The van der Waals surface area contributed by atoms with Crippen molar-refractivity contribution in [3.8, 4) is 11.3 Å². The van der Waals surface area contributed by atoms with Crippen LogP contribution in [0.4, 0.5) is 0 Å². The van der Waals surface area contributed by atoms with E-state index in [0.717, 1.165) is 26.9 Å². The molecular weight excluding hydrogens is 266 g/mol. The fourth-order valence-corrected chi connectivity index (χ4v) is 1.98. The molecule has 1 N–H and O–H groups in total. The van der Waals surface area contributed by atoms with Gasteiger partial charge >= 0.3 is 0 Å². The van der Waals surface area contributed by atoms with Crippen molar-refractivity contribution in [1.29, 1.82) is 0 Å². The molecule has 4 heteroatoms. The number of halogens is 1. The zero-order valence-corrected chi connectivity index (χ0v) is 9.90. The molecule has 16 heavy (non-hydrogen) atoms. The molecule has 0 radical (unpaired) electrons. The van der Waals surface area contributed by atoms with Crippen LogP contribution in [0.5, 0.6) is 0 Å². The molecule has 1 aromatic carbocycles. The molecule has 0 saturated carbocycles. The number of aromatic nitrogens is 3. The van der Waals surface area contributed by atoms with Gasteiger partial charge in [0, 0.05) is 5.56 Å². The first kappa shape index (κ1) is 9.54. The Balaban J connectivity index is 2.29. The van der Waals surface area contributed by atoms with Gasteiger partial charge in [0.05, 0.1) is 5.52 Å². The summed E-state index contributed by atoms with van der Waals surface area (Å²) in [5.41, 5.74) is 3.79. The van der Waals surface area contributed by atoms with Crippen molar-refractivity contribution < 1.29 is 0 Å². The van der Waals surface area contributed by atoms with Crippen molar-refractivity contribution in [2.75, 3.05) is 0 Å².